The zero-order chi connectivity index (χ0) is 20.2. The highest BCUT2D eigenvalue weighted by Gasteiger charge is 2.13. The highest BCUT2D eigenvalue weighted by atomic mass is 32.1. The van der Waals surface area contributed by atoms with E-state index in [1.807, 2.05) is 43.0 Å². The van der Waals surface area contributed by atoms with E-state index in [1.54, 1.807) is 29.3 Å². The van der Waals surface area contributed by atoms with Gasteiger partial charge < -0.3 is 10.1 Å². The SMILES string of the molecule is COCCNC(=O)c1cc(Cc2ccc(-c3cnn(C)c3)nc2)c2sccc2n1. The van der Waals surface area contributed by atoms with Crippen LogP contribution < -0.4 is 5.32 Å². The summed E-state index contributed by atoms with van der Waals surface area (Å²) in [4.78, 5) is 21.5. The Labute approximate surface area is 172 Å². The molecule has 29 heavy (non-hydrogen) atoms. The van der Waals surface area contributed by atoms with Crippen LogP contribution in [0.25, 0.3) is 21.5 Å². The van der Waals surface area contributed by atoms with Gasteiger partial charge in [0.1, 0.15) is 5.69 Å². The first-order valence-electron chi connectivity index (χ1n) is 9.22. The van der Waals surface area contributed by atoms with Crippen LogP contribution in [-0.2, 0) is 18.2 Å². The predicted molar refractivity (Wildman–Crippen MR) is 113 cm³/mol. The average molecular weight is 407 g/mol. The molecule has 0 unspecified atom stereocenters. The number of hydrogen-bond acceptors (Lipinski definition) is 6. The second-order valence-corrected chi connectivity index (χ2v) is 7.60. The van der Waals surface area contributed by atoms with Crippen molar-refractivity contribution < 1.29 is 9.53 Å². The van der Waals surface area contributed by atoms with Gasteiger partial charge in [-0.05, 0) is 34.7 Å². The molecule has 4 aromatic rings. The number of methoxy groups -OCH3 is 1. The van der Waals surface area contributed by atoms with Gasteiger partial charge in [0.15, 0.2) is 0 Å². The van der Waals surface area contributed by atoms with Gasteiger partial charge in [-0.3, -0.25) is 14.5 Å². The quantitative estimate of drug-likeness (QED) is 0.476. The largest absolute Gasteiger partial charge is 0.383 e. The molecule has 0 radical (unpaired) electrons. The van der Waals surface area contributed by atoms with Gasteiger partial charge in [0.25, 0.3) is 5.91 Å². The average Bonchev–Trinajstić information content (AvgIpc) is 3.37. The van der Waals surface area contributed by atoms with Gasteiger partial charge in [0.05, 0.1) is 28.7 Å². The summed E-state index contributed by atoms with van der Waals surface area (Å²) in [6, 6.07) is 7.88. The van der Waals surface area contributed by atoms with Gasteiger partial charge in [-0.2, -0.15) is 5.10 Å². The molecule has 0 aromatic carbocycles. The smallest absolute Gasteiger partial charge is 0.269 e. The van der Waals surface area contributed by atoms with Crippen molar-refractivity contribution in [3.8, 4) is 11.3 Å². The molecule has 0 atom stereocenters. The molecular formula is C21H21N5O2S. The second-order valence-electron chi connectivity index (χ2n) is 6.68. The number of fused-ring (bicyclic) bond motifs is 1. The number of aromatic nitrogens is 4. The zero-order valence-electron chi connectivity index (χ0n) is 16.3. The maximum absolute atomic E-state index is 12.4. The van der Waals surface area contributed by atoms with Gasteiger partial charge in [0, 0.05) is 45.1 Å². The lowest BCUT2D eigenvalue weighted by molar-refractivity contribution is 0.0932. The van der Waals surface area contributed by atoms with Crippen LogP contribution in [0.15, 0.2) is 48.2 Å². The number of carbonyl (C=O) groups is 1. The number of amides is 1. The molecule has 0 saturated carbocycles. The van der Waals surface area contributed by atoms with Crippen molar-refractivity contribution in [3.63, 3.8) is 0 Å². The van der Waals surface area contributed by atoms with Crippen LogP contribution in [-0.4, -0.2) is 45.9 Å². The van der Waals surface area contributed by atoms with Crippen LogP contribution >= 0.6 is 11.3 Å². The Kier molecular flexibility index (Phi) is 5.64. The maximum Gasteiger partial charge on any atom is 0.269 e. The highest BCUT2D eigenvalue weighted by Crippen LogP contribution is 2.27. The molecule has 0 spiro atoms. The number of hydrogen-bond donors (Lipinski definition) is 1. The Morgan fingerprint density at radius 1 is 1.28 bits per heavy atom. The molecule has 0 aliphatic carbocycles. The molecule has 1 N–H and O–H groups in total. The van der Waals surface area contributed by atoms with Gasteiger partial charge in [0.2, 0.25) is 0 Å². The third-order valence-corrected chi connectivity index (χ3v) is 5.51. The minimum Gasteiger partial charge on any atom is -0.383 e. The van der Waals surface area contributed by atoms with Crippen LogP contribution in [0, 0.1) is 0 Å². The molecule has 1 amide bonds. The van der Waals surface area contributed by atoms with Gasteiger partial charge in [-0.1, -0.05) is 6.07 Å². The van der Waals surface area contributed by atoms with E-state index in [1.165, 1.54) is 0 Å². The van der Waals surface area contributed by atoms with Crippen molar-refractivity contribution in [2.24, 2.45) is 7.05 Å². The monoisotopic (exact) mass is 407 g/mol. The number of nitrogens with one attached hydrogen (secondary N) is 1. The molecular weight excluding hydrogens is 386 g/mol. The van der Waals surface area contributed by atoms with Crippen LogP contribution in [0.2, 0.25) is 0 Å². The summed E-state index contributed by atoms with van der Waals surface area (Å²) < 4.78 is 7.84. The van der Waals surface area contributed by atoms with Crippen molar-refractivity contribution in [1.82, 2.24) is 25.1 Å². The molecule has 7 nitrogen and oxygen atoms in total. The standard InChI is InChI=1S/C21H21N5O2S/c1-26-13-16(12-24-26)17-4-3-14(11-23-17)9-15-10-19(21(27)22-6-7-28-2)25-18-5-8-29-20(15)18/h3-5,8,10-13H,6-7,9H2,1-2H3,(H,22,27). The lowest BCUT2D eigenvalue weighted by Crippen LogP contribution is -2.27. The summed E-state index contributed by atoms with van der Waals surface area (Å²) in [5, 5.41) is 9.02. The van der Waals surface area contributed by atoms with E-state index >= 15 is 0 Å². The fourth-order valence-electron chi connectivity index (χ4n) is 3.10. The first kappa shape index (κ1) is 19.2. The number of thiophene rings is 1. The fourth-order valence-corrected chi connectivity index (χ4v) is 3.95. The molecule has 0 fully saturated rings. The summed E-state index contributed by atoms with van der Waals surface area (Å²) in [5.74, 6) is -0.193. The molecule has 148 valence electrons. The number of aryl methyl sites for hydroxylation is 1. The van der Waals surface area contributed by atoms with Crippen LogP contribution in [0.3, 0.4) is 0 Å². The molecule has 0 aliphatic heterocycles. The van der Waals surface area contributed by atoms with E-state index in [0.717, 1.165) is 32.6 Å². The lowest BCUT2D eigenvalue weighted by Gasteiger charge is -2.08. The third-order valence-electron chi connectivity index (χ3n) is 4.53. The minimum atomic E-state index is -0.193. The first-order valence-corrected chi connectivity index (χ1v) is 10.1. The number of carbonyl (C=O) groups excluding carboxylic acids is 1. The number of rotatable bonds is 7. The minimum absolute atomic E-state index is 0.193. The molecule has 0 saturated heterocycles. The zero-order valence-corrected chi connectivity index (χ0v) is 17.1. The van der Waals surface area contributed by atoms with E-state index in [2.05, 4.69) is 26.4 Å². The van der Waals surface area contributed by atoms with Crippen LogP contribution in [0.4, 0.5) is 0 Å². The lowest BCUT2D eigenvalue weighted by atomic mass is 10.0. The first-order chi connectivity index (χ1) is 14.1. The topological polar surface area (TPSA) is 81.9 Å². The maximum atomic E-state index is 12.4. The van der Waals surface area contributed by atoms with Gasteiger partial charge in [-0.15, -0.1) is 11.3 Å². The second kappa shape index (κ2) is 8.50. The van der Waals surface area contributed by atoms with Gasteiger partial charge in [-0.25, -0.2) is 4.98 Å². The Hall–Kier alpha value is -3.10. The summed E-state index contributed by atoms with van der Waals surface area (Å²) in [7, 11) is 3.49. The summed E-state index contributed by atoms with van der Waals surface area (Å²) >= 11 is 1.63. The van der Waals surface area contributed by atoms with Gasteiger partial charge >= 0.3 is 0 Å². The van der Waals surface area contributed by atoms with E-state index < -0.39 is 0 Å². The number of pyridine rings is 2. The van der Waals surface area contributed by atoms with Crippen molar-refractivity contribution in [3.05, 3.63) is 65.1 Å². The Morgan fingerprint density at radius 3 is 2.90 bits per heavy atom. The summed E-state index contributed by atoms with van der Waals surface area (Å²) in [5.41, 5.74) is 5.27. The van der Waals surface area contributed by atoms with Crippen molar-refractivity contribution >= 4 is 27.5 Å². The number of nitrogens with zero attached hydrogens (tertiary/aromatic N) is 4. The molecule has 0 bridgehead atoms. The Balaban J connectivity index is 1.58. The molecule has 8 heteroatoms. The predicted octanol–water partition coefficient (Wildman–Crippen LogP) is 3.06. The molecule has 0 aliphatic rings. The molecule has 4 rings (SSSR count). The van der Waals surface area contributed by atoms with E-state index in [4.69, 9.17) is 4.74 Å². The Bertz CT molecular complexity index is 1130. The van der Waals surface area contributed by atoms with E-state index in [-0.39, 0.29) is 5.91 Å². The number of ether oxygens (including phenoxy) is 1. The van der Waals surface area contributed by atoms with Crippen molar-refractivity contribution in [2.75, 3.05) is 20.3 Å². The normalized spacial score (nSPS) is 11.1. The highest BCUT2D eigenvalue weighted by molar-refractivity contribution is 7.17. The van der Waals surface area contributed by atoms with Crippen LogP contribution in [0.5, 0.6) is 0 Å². The van der Waals surface area contributed by atoms with Crippen molar-refractivity contribution in [1.29, 1.82) is 0 Å². The third kappa shape index (κ3) is 4.33. The Morgan fingerprint density at radius 2 is 2.17 bits per heavy atom. The van der Waals surface area contributed by atoms with E-state index in [0.29, 0.717) is 25.3 Å². The molecule has 4 heterocycles. The van der Waals surface area contributed by atoms with Crippen LogP contribution in [0.1, 0.15) is 21.6 Å². The fraction of sp³-hybridized carbons (Fsp3) is 0.238. The van der Waals surface area contributed by atoms with Crippen molar-refractivity contribution in [2.45, 2.75) is 6.42 Å². The van der Waals surface area contributed by atoms with E-state index in [9.17, 15) is 4.79 Å². The molecule has 4 aromatic heterocycles. The summed E-state index contributed by atoms with van der Waals surface area (Å²) in [6.45, 7) is 0.919. The summed E-state index contributed by atoms with van der Waals surface area (Å²) in [6.07, 6.45) is 6.29.